The molecule has 6 atom stereocenters. The van der Waals surface area contributed by atoms with Gasteiger partial charge >= 0.3 is 0 Å². The summed E-state index contributed by atoms with van der Waals surface area (Å²) in [6, 6.07) is 14.1. The molecule has 4 saturated heterocycles. The van der Waals surface area contributed by atoms with E-state index in [0.717, 1.165) is 62.8 Å². The molecule has 3 aromatic rings. The third-order valence-electron chi connectivity index (χ3n) is 11.6. The van der Waals surface area contributed by atoms with Crippen molar-refractivity contribution in [2.24, 2.45) is 11.8 Å². The Bertz CT molecular complexity index is 1700. The molecule has 2 spiro atoms. The van der Waals surface area contributed by atoms with Crippen molar-refractivity contribution in [2.45, 2.75) is 69.6 Å². The van der Waals surface area contributed by atoms with Gasteiger partial charge in [-0.25, -0.2) is 0 Å². The smallest absolute Gasteiger partial charge is 0.275 e. The molecule has 242 valence electrons. The number of rotatable bonds is 3. The predicted molar refractivity (Wildman–Crippen MR) is 181 cm³/mol. The number of para-hydroxylation sites is 1. The molecule has 2 saturated carbocycles. The van der Waals surface area contributed by atoms with Crippen molar-refractivity contribution in [1.82, 2.24) is 29.8 Å². The Morgan fingerprint density at radius 2 is 1.56 bits per heavy atom. The SMILES string of the molecule is CC.CN1CCC23C(C[C@H]2N3C(=O)C(=N)c2ccccc2N)C1.Cc1ccc2c(C(=O)N3[C@@H]4CC5CN(C)CCC543)n[nH]c2c1.[HH].[HH]. The van der Waals surface area contributed by atoms with E-state index in [1.165, 1.54) is 5.56 Å². The maximum absolute atomic E-state index is 13.0. The first kappa shape index (κ1) is 29.9. The van der Waals surface area contributed by atoms with Crippen molar-refractivity contribution in [3.63, 3.8) is 0 Å². The van der Waals surface area contributed by atoms with Crippen molar-refractivity contribution in [3.8, 4) is 0 Å². The van der Waals surface area contributed by atoms with E-state index >= 15 is 0 Å². The fourth-order valence-corrected chi connectivity index (χ4v) is 9.16. The number of nitrogen functional groups attached to an aromatic ring is 1. The van der Waals surface area contributed by atoms with Gasteiger partial charge in [0.1, 0.15) is 5.71 Å². The van der Waals surface area contributed by atoms with Gasteiger partial charge < -0.3 is 25.3 Å². The molecule has 1 aromatic heterocycles. The van der Waals surface area contributed by atoms with Gasteiger partial charge in [-0.2, -0.15) is 5.10 Å². The van der Waals surface area contributed by atoms with Crippen molar-refractivity contribution < 1.29 is 12.4 Å². The first-order chi connectivity index (χ1) is 21.7. The third-order valence-corrected chi connectivity index (χ3v) is 11.6. The third kappa shape index (κ3) is 4.28. The first-order valence-corrected chi connectivity index (χ1v) is 16.6. The number of anilines is 1. The number of hydrogen-bond acceptors (Lipinski definition) is 7. The van der Waals surface area contributed by atoms with Crippen molar-refractivity contribution in [2.75, 3.05) is 46.0 Å². The van der Waals surface area contributed by atoms with Crippen LogP contribution in [0.2, 0.25) is 0 Å². The van der Waals surface area contributed by atoms with Crippen LogP contribution in [-0.2, 0) is 4.79 Å². The van der Waals surface area contributed by atoms with Crippen LogP contribution in [0.15, 0.2) is 42.5 Å². The second-order valence-corrected chi connectivity index (χ2v) is 13.8. The number of carbonyl (C=O) groups is 2. The molecule has 5 heterocycles. The van der Waals surface area contributed by atoms with E-state index in [1.807, 2.05) is 49.1 Å². The number of amides is 2. The summed E-state index contributed by atoms with van der Waals surface area (Å²) in [6.45, 7) is 10.4. The van der Waals surface area contributed by atoms with E-state index in [0.29, 0.717) is 40.9 Å². The van der Waals surface area contributed by atoms with E-state index in [4.69, 9.17) is 11.1 Å². The number of benzene rings is 2. The van der Waals surface area contributed by atoms with Crippen LogP contribution >= 0.6 is 0 Å². The average molecular weight is 615 g/mol. The second-order valence-electron chi connectivity index (χ2n) is 13.8. The number of nitrogens with zero attached hydrogens (tertiary/aromatic N) is 5. The molecule has 4 aliphatic heterocycles. The summed E-state index contributed by atoms with van der Waals surface area (Å²) in [5.41, 5.74) is 9.94. The van der Waals surface area contributed by atoms with E-state index in [1.54, 1.807) is 12.1 Å². The molecule has 6 fully saturated rings. The molecule has 0 radical (unpaired) electrons. The fourth-order valence-electron chi connectivity index (χ4n) is 9.16. The van der Waals surface area contributed by atoms with Crippen LogP contribution in [0.4, 0.5) is 5.69 Å². The Kier molecular flexibility index (Phi) is 7.09. The minimum absolute atomic E-state index is 0. The Morgan fingerprint density at radius 1 is 0.956 bits per heavy atom. The fraction of sp³-hybridized carbons (Fsp3) is 0.543. The highest BCUT2D eigenvalue weighted by atomic mass is 16.2. The van der Waals surface area contributed by atoms with E-state index in [9.17, 15) is 9.59 Å². The molecular weight excluding hydrogens is 564 g/mol. The highest BCUT2D eigenvalue weighted by Gasteiger charge is 2.78. The molecule has 2 amide bonds. The summed E-state index contributed by atoms with van der Waals surface area (Å²) < 4.78 is 0. The summed E-state index contributed by atoms with van der Waals surface area (Å²) in [6.07, 6.45) is 4.42. The van der Waals surface area contributed by atoms with Crippen LogP contribution in [0.3, 0.4) is 0 Å². The lowest BCUT2D eigenvalue weighted by molar-refractivity contribution is -0.120. The number of piperidine rings is 2. The molecule has 0 bridgehead atoms. The highest BCUT2D eigenvalue weighted by Crippen LogP contribution is 2.65. The van der Waals surface area contributed by atoms with Gasteiger partial charge in [-0.15, -0.1) is 0 Å². The zero-order valence-corrected chi connectivity index (χ0v) is 27.1. The van der Waals surface area contributed by atoms with Gasteiger partial charge in [0.05, 0.1) is 28.7 Å². The lowest BCUT2D eigenvalue weighted by atomic mass is 9.69. The second kappa shape index (κ2) is 10.7. The molecule has 10 nitrogen and oxygen atoms in total. The van der Waals surface area contributed by atoms with Gasteiger partial charge in [0.15, 0.2) is 5.69 Å². The predicted octanol–water partition coefficient (Wildman–Crippen LogP) is 4.25. The van der Waals surface area contributed by atoms with Crippen LogP contribution in [0, 0.1) is 24.2 Å². The number of H-pyrrole nitrogens is 1. The molecular formula is C35H50N8O2. The quantitative estimate of drug-likeness (QED) is 0.230. The molecule has 45 heavy (non-hydrogen) atoms. The average Bonchev–Trinajstić information content (AvgIpc) is 3.58. The van der Waals surface area contributed by atoms with Crippen LogP contribution < -0.4 is 5.73 Å². The molecule has 9 rings (SSSR count). The summed E-state index contributed by atoms with van der Waals surface area (Å²) >= 11 is 0. The number of aromatic nitrogens is 2. The number of aromatic amines is 1. The van der Waals surface area contributed by atoms with Gasteiger partial charge in [0.25, 0.3) is 11.8 Å². The Balaban J connectivity index is 0.000000169. The molecule has 4 N–H and O–H groups in total. The first-order valence-electron chi connectivity index (χ1n) is 16.6. The monoisotopic (exact) mass is 614 g/mol. The van der Waals surface area contributed by atoms with Gasteiger partial charge in [-0.05, 0) is 76.2 Å². The van der Waals surface area contributed by atoms with Crippen molar-refractivity contribution in [1.29, 1.82) is 5.41 Å². The molecule has 2 aliphatic carbocycles. The standard InChI is InChI=1S/C17H20N4O.C16H20N4O.C2H6.2H2/c1-10-3-4-12-13(7-10)18-19-15(12)16(22)21-14-8-11-9-20(2)6-5-17(11,14)21;1-19-7-6-16-10(9-19)8-13(16)20(16)15(21)14(18)11-4-2-3-5-12(11)17;1-2;;/h3-4,7,11,14H,5-6,8-9H2,1-2H3,(H,18,19);2-5,10,13,18H,6-9,17H2,1H3;1-2H3;2*1H/t11?,14-,17?,21?;10?,13-,16?,20?;;;/m11.../s1. The van der Waals surface area contributed by atoms with Gasteiger partial charge in [-0.3, -0.25) is 20.1 Å². The Morgan fingerprint density at radius 3 is 2.18 bits per heavy atom. The van der Waals surface area contributed by atoms with Crippen LogP contribution in [0.5, 0.6) is 0 Å². The summed E-state index contributed by atoms with van der Waals surface area (Å²) in [5, 5.41) is 16.5. The minimum atomic E-state index is -0.148. The Labute approximate surface area is 268 Å². The summed E-state index contributed by atoms with van der Waals surface area (Å²) in [7, 11) is 4.32. The number of likely N-dealkylation sites (tertiary alicyclic amines) is 4. The minimum Gasteiger partial charge on any atom is -0.398 e. The largest absolute Gasteiger partial charge is 0.398 e. The van der Waals surface area contributed by atoms with E-state index in [-0.39, 0.29) is 31.5 Å². The zero-order valence-electron chi connectivity index (χ0n) is 27.1. The van der Waals surface area contributed by atoms with Crippen LogP contribution in [0.1, 0.15) is 64.0 Å². The number of nitrogens with two attached hydrogens (primary N) is 1. The number of fused-ring (bicyclic) bond motifs is 1. The number of carbonyl (C=O) groups excluding carboxylic acids is 2. The van der Waals surface area contributed by atoms with Gasteiger partial charge in [-0.1, -0.05) is 44.2 Å². The van der Waals surface area contributed by atoms with Crippen molar-refractivity contribution >= 4 is 34.1 Å². The maximum atomic E-state index is 13.0. The topological polar surface area (TPSA) is 125 Å². The summed E-state index contributed by atoms with van der Waals surface area (Å²) in [5.74, 6) is 1.22. The molecule has 10 heteroatoms. The van der Waals surface area contributed by atoms with E-state index < -0.39 is 0 Å². The number of aryl methyl sites for hydroxylation is 1. The maximum Gasteiger partial charge on any atom is 0.275 e. The molecule has 4 unspecified atom stereocenters. The number of hydrogen-bond donors (Lipinski definition) is 3. The normalized spacial score (nSPS) is 32.1. The lowest BCUT2D eigenvalue weighted by Gasteiger charge is -2.41. The highest BCUT2D eigenvalue weighted by molar-refractivity contribution is 6.45. The van der Waals surface area contributed by atoms with E-state index in [2.05, 4.69) is 45.9 Å². The molecule has 6 aliphatic rings. The van der Waals surface area contributed by atoms with Gasteiger partial charge in [0.2, 0.25) is 0 Å². The van der Waals surface area contributed by atoms with Crippen LogP contribution in [-0.4, -0.2) is 111 Å². The Hall–Kier alpha value is -3.76. The lowest BCUT2D eigenvalue weighted by Crippen LogP contribution is -2.51. The van der Waals surface area contributed by atoms with Crippen LogP contribution in [0.25, 0.3) is 10.9 Å². The zero-order chi connectivity index (χ0) is 31.8. The molecule has 2 aromatic carbocycles. The van der Waals surface area contributed by atoms with Gasteiger partial charge in [0, 0.05) is 45.7 Å². The summed E-state index contributed by atoms with van der Waals surface area (Å²) in [4.78, 5) is 34.5. The number of nitrogens with one attached hydrogen (secondary N) is 2. The van der Waals surface area contributed by atoms with Crippen molar-refractivity contribution in [3.05, 3.63) is 59.3 Å².